The lowest BCUT2D eigenvalue weighted by Gasteiger charge is -2.21. The van der Waals surface area contributed by atoms with Gasteiger partial charge in [-0.3, -0.25) is 4.79 Å². The van der Waals surface area contributed by atoms with Crippen molar-refractivity contribution in [1.29, 1.82) is 0 Å². The molecule has 2 nitrogen and oxygen atoms in total. The molecule has 0 fully saturated rings. The molecule has 1 unspecified atom stereocenters. The third kappa shape index (κ3) is 5.87. The zero-order valence-corrected chi connectivity index (χ0v) is 12.7. The first-order valence-corrected chi connectivity index (χ1v) is 7.92. The molecule has 0 aromatic carbocycles. The van der Waals surface area contributed by atoms with Crippen LogP contribution in [0.4, 0.5) is 0 Å². The van der Waals surface area contributed by atoms with E-state index in [9.17, 15) is 4.79 Å². The number of nitrogens with one attached hydrogen (secondary N) is 1. The summed E-state index contributed by atoms with van der Waals surface area (Å²) in [6, 6.07) is 4.37. The van der Waals surface area contributed by atoms with E-state index in [1.165, 1.54) is 4.88 Å². The van der Waals surface area contributed by atoms with Crippen LogP contribution in [0.25, 0.3) is 0 Å². The number of amides is 1. The smallest absolute Gasteiger partial charge is 0.220 e. The molecule has 1 rings (SSSR count). The molecule has 0 aliphatic heterocycles. The van der Waals surface area contributed by atoms with Gasteiger partial charge in [-0.25, -0.2) is 0 Å². The molecule has 0 aliphatic rings. The molecule has 0 bridgehead atoms. The fourth-order valence-corrected chi connectivity index (χ4v) is 2.83. The lowest BCUT2D eigenvalue weighted by atomic mass is 10.0. The van der Waals surface area contributed by atoms with Crippen molar-refractivity contribution in [1.82, 2.24) is 5.32 Å². The van der Waals surface area contributed by atoms with Gasteiger partial charge in [-0.05, 0) is 36.6 Å². The predicted molar refractivity (Wildman–Crippen MR) is 79.4 cm³/mol. The monoisotopic (exact) mass is 287 g/mol. The van der Waals surface area contributed by atoms with Crippen LogP contribution in [0.2, 0.25) is 0 Å². The Morgan fingerprint density at radius 2 is 2.28 bits per heavy atom. The minimum atomic E-state index is 0.148. The van der Waals surface area contributed by atoms with Crippen molar-refractivity contribution >= 4 is 28.8 Å². The number of carbonyl (C=O) groups excluding carboxylic acids is 1. The quantitative estimate of drug-likeness (QED) is 0.723. The predicted octanol–water partition coefficient (Wildman–Crippen LogP) is 3.84. The second-order valence-electron chi connectivity index (χ2n) is 4.83. The molecule has 0 spiro atoms. The Hall–Kier alpha value is -0.540. The molecule has 1 N–H and O–H groups in total. The average molecular weight is 288 g/mol. The maximum absolute atomic E-state index is 11.8. The number of halogens is 1. The summed E-state index contributed by atoms with van der Waals surface area (Å²) in [6.07, 6.45) is 3.35. The van der Waals surface area contributed by atoms with E-state index in [0.717, 1.165) is 19.3 Å². The van der Waals surface area contributed by atoms with Gasteiger partial charge in [0.25, 0.3) is 0 Å². The summed E-state index contributed by atoms with van der Waals surface area (Å²) in [5.74, 6) is 1.18. The number of hydrogen-bond donors (Lipinski definition) is 1. The van der Waals surface area contributed by atoms with Crippen LogP contribution < -0.4 is 5.32 Å². The maximum Gasteiger partial charge on any atom is 0.220 e. The van der Waals surface area contributed by atoms with Crippen molar-refractivity contribution in [2.24, 2.45) is 5.92 Å². The molecular formula is C14H22ClNOS. The van der Waals surface area contributed by atoms with Gasteiger partial charge < -0.3 is 5.32 Å². The maximum atomic E-state index is 11.8. The number of carbonyl (C=O) groups is 1. The van der Waals surface area contributed by atoms with E-state index in [2.05, 4.69) is 36.7 Å². The molecule has 0 saturated heterocycles. The van der Waals surface area contributed by atoms with Crippen LogP contribution in [-0.2, 0) is 11.2 Å². The standard InChI is InChI=1S/C14H22ClNOS/c1-11(2)13(8-9-15)16-14(17)7-3-5-12-6-4-10-18-12/h4,6,10-11,13H,3,5,7-9H2,1-2H3,(H,16,17). The first-order chi connectivity index (χ1) is 8.63. The first-order valence-electron chi connectivity index (χ1n) is 6.51. The fourth-order valence-electron chi connectivity index (χ4n) is 1.85. The Morgan fingerprint density at radius 3 is 2.83 bits per heavy atom. The highest BCUT2D eigenvalue weighted by Crippen LogP contribution is 2.12. The number of hydrogen-bond acceptors (Lipinski definition) is 2. The van der Waals surface area contributed by atoms with Crippen LogP contribution in [0, 0.1) is 5.92 Å². The largest absolute Gasteiger partial charge is 0.353 e. The van der Waals surface area contributed by atoms with Gasteiger partial charge in [-0.2, -0.15) is 0 Å². The van der Waals surface area contributed by atoms with Gasteiger partial charge in [0.05, 0.1) is 0 Å². The molecule has 0 aliphatic carbocycles. The SMILES string of the molecule is CC(C)C(CCCl)NC(=O)CCCc1cccs1. The molecule has 1 aromatic rings. The molecule has 1 atom stereocenters. The zero-order chi connectivity index (χ0) is 13.4. The van der Waals surface area contributed by atoms with Gasteiger partial charge >= 0.3 is 0 Å². The van der Waals surface area contributed by atoms with Crippen LogP contribution in [0.3, 0.4) is 0 Å². The van der Waals surface area contributed by atoms with Crippen LogP contribution in [0.15, 0.2) is 17.5 Å². The number of aryl methyl sites for hydroxylation is 1. The average Bonchev–Trinajstić information content (AvgIpc) is 2.81. The van der Waals surface area contributed by atoms with E-state index in [1.807, 2.05) is 0 Å². The third-order valence-electron chi connectivity index (χ3n) is 2.98. The Morgan fingerprint density at radius 1 is 1.50 bits per heavy atom. The van der Waals surface area contributed by atoms with Crippen LogP contribution in [0.1, 0.15) is 38.0 Å². The molecule has 1 aromatic heterocycles. The summed E-state index contributed by atoms with van der Waals surface area (Å²) in [7, 11) is 0. The number of rotatable bonds is 8. The molecule has 102 valence electrons. The molecule has 18 heavy (non-hydrogen) atoms. The van der Waals surface area contributed by atoms with Crippen molar-refractivity contribution in [2.75, 3.05) is 5.88 Å². The molecule has 0 saturated carbocycles. The lowest BCUT2D eigenvalue weighted by molar-refractivity contribution is -0.122. The van der Waals surface area contributed by atoms with Crippen molar-refractivity contribution in [3.8, 4) is 0 Å². The topological polar surface area (TPSA) is 29.1 Å². The van der Waals surface area contributed by atoms with Crippen molar-refractivity contribution in [2.45, 2.75) is 45.6 Å². The van der Waals surface area contributed by atoms with Crippen LogP contribution in [0.5, 0.6) is 0 Å². The Labute approximate surface area is 119 Å². The van der Waals surface area contributed by atoms with Crippen LogP contribution >= 0.6 is 22.9 Å². The van der Waals surface area contributed by atoms with Crippen molar-refractivity contribution in [3.05, 3.63) is 22.4 Å². The number of thiophene rings is 1. The summed E-state index contributed by atoms with van der Waals surface area (Å²) < 4.78 is 0. The Balaban J connectivity index is 2.23. The molecule has 4 heteroatoms. The van der Waals surface area contributed by atoms with Crippen LogP contribution in [-0.4, -0.2) is 17.8 Å². The van der Waals surface area contributed by atoms with Gasteiger partial charge in [0.2, 0.25) is 5.91 Å². The highest BCUT2D eigenvalue weighted by molar-refractivity contribution is 7.09. The van der Waals surface area contributed by atoms with Gasteiger partial charge in [0.15, 0.2) is 0 Å². The lowest BCUT2D eigenvalue weighted by Crippen LogP contribution is -2.38. The van der Waals surface area contributed by atoms with E-state index < -0.39 is 0 Å². The van der Waals surface area contributed by atoms with E-state index >= 15 is 0 Å². The highest BCUT2D eigenvalue weighted by Gasteiger charge is 2.15. The Bertz CT molecular complexity index is 338. The van der Waals surface area contributed by atoms with E-state index in [4.69, 9.17) is 11.6 Å². The normalized spacial score (nSPS) is 12.7. The van der Waals surface area contributed by atoms with Crippen molar-refractivity contribution < 1.29 is 4.79 Å². The molecule has 1 amide bonds. The summed E-state index contributed by atoms with van der Waals surface area (Å²) >= 11 is 7.50. The fraction of sp³-hybridized carbons (Fsp3) is 0.643. The van der Waals surface area contributed by atoms with E-state index in [1.54, 1.807) is 11.3 Å². The van der Waals surface area contributed by atoms with Gasteiger partial charge in [-0.1, -0.05) is 19.9 Å². The molecule has 1 heterocycles. The van der Waals surface area contributed by atoms with E-state index in [-0.39, 0.29) is 11.9 Å². The molecule has 0 radical (unpaired) electrons. The first kappa shape index (κ1) is 15.5. The van der Waals surface area contributed by atoms with Gasteiger partial charge in [0.1, 0.15) is 0 Å². The summed E-state index contributed by atoms with van der Waals surface area (Å²) in [5.41, 5.74) is 0. The Kier molecular flexibility index (Phi) is 7.36. The minimum Gasteiger partial charge on any atom is -0.353 e. The number of alkyl halides is 1. The summed E-state index contributed by atoms with van der Waals surface area (Å²) in [5, 5.41) is 5.15. The van der Waals surface area contributed by atoms with Gasteiger partial charge in [-0.15, -0.1) is 22.9 Å². The summed E-state index contributed by atoms with van der Waals surface area (Å²) in [4.78, 5) is 13.2. The minimum absolute atomic E-state index is 0.148. The third-order valence-corrected chi connectivity index (χ3v) is 4.13. The van der Waals surface area contributed by atoms with Crippen molar-refractivity contribution in [3.63, 3.8) is 0 Å². The second kappa shape index (κ2) is 8.54. The van der Waals surface area contributed by atoms with Gasteiger partial charge in [0, 0.05) is 23.2 Å². The van der Waals surface area contributed by atoms with E-state index in [0.29, 0.717) is 18.2 Å². The highest BCUT2D eigenvalue weighted by atomic mass is 35.5. The molecular weight excluding hydrogens is 266 g/mol. The zero-order valence-electron chi connectivity index (χ0n) is 11.1. The summed E-state index contributed by atoms with van der Waals surface area (Å²) in [6.45, 7) is 4.23. The second-order valence-corrected chi connectivity index (χ2v) is 6.24.